The molecule has 0 aromatic carbocycles. The van der Waals surface area contributed by atoms with Crippen LogP contribution < -0.4 is 0 Å². The number of Topliss-reactive ketones (excluding diaryl/α,β-unsaturated/α-hetero) is 2. The van der Waals surface area contributed by atoms with E-state index in [2.05, 4.69) is 0 Å². The lowest BCUT2D eigenvalue weighted by Crippen LogP contribution is -2.44. The van der Waals surface area contributed by atoms with Crippen LogP contribution in [0.1, 0.15) is 26.7 Å². The Labute approximate surface area is 81.3 Å². The van der Waals surface area contributed by atoms with E-state index in [0.29, 0.717) is 12.8 Å². The predicted octanol–water partition coefficient (Wildman–Crippen LogP) is 0.645. The summed E-state index contributed by atoms with van der Waals surface area (Å²) in [4.78, 5) is 34.3. The van der Waals surface area contributed by atoms with Gasteiger partial charge in [-0.1, -0.05) is 13.8 Å². The van der Waals surface area contributed by atoms with Crippen molar-refractivity contribution in [1.82, 2.24) is 0 Å². The molecule has 4 nitrogen and oxygen atoms in total. The van der Waals surface area contributed by atoms with Gasteiger partial charge in [-0.25, -0.2) is 0 Å². The normalized spacial score (nSPS) is 39.1. The number of carboxylic acid groups (broad SMARTS) is 1. The molecule has 0 amide bonds. The highest BCUT2D eigenvalue weighted by molar-refractivity contribution is 6.47. The van der Waals surface area contributed by atoms with Crippen LogP contribution in [-0.2, 0) is 14.4 Å². The zero-order valence-electron chi connectivity index (χ0n) is 8.16. The average Bonchev–Trinajstić information content (AvgIpc) is 2.41. The Bertz CT molecular complexity index is 355. The van der Waals surface area contributed by atoms with Crippen molar-refractivity contribution in [1.29, 1.82) is 0 Å². The van der Waals surface area contributed by atoms with E-state index < -0.39 is 28.4 Å². The number of ketones is 2. The second-order valence-corrected chi connectivity index (χ2v) is 4.72. The molecule has 0 saturated heterocycles. The number of carboxylic acids is 1. The summed E-state index contributed by atoms with van der Waals surface area (Å²) in [5, 5.41) is 9.14. The Morgan fingerprint density at radius 3 is 2.29 bits per heavy atom. The summed E-state index contributed by atoms with van der Waals surface area (Å²) in [5.41, 5.74) is -2.15. The lowest BCUT2D eigenvalue weighted by atomic mass is 9.69. The van der Waals surface area contributed by atoms with Crippen LogP contribution in [0.25, 0.3) is 0 Å². The first-order valence-corrected chi connectivity index (χ1v) is 4.68. The van der Waals surface area contributed by atoms with Gasteiger partial charge in [0.05, 0.1) is 0 Å². The van der Waals surface area contributed by atoms with Crippen LogP contribution in [0, 0.1) is 16.7 Å². The topological polar surface area (TPSA) is 71.4 Å². The Morgan fingerprint density at radius 1 is 1.43 bits per heavy atom. The van der Waals surface area contributed by atoms with Crippen LogP contribution >= 0.6 is 0 Å². The van der Waals surface area contributed by atoms with Gasteiger partial charge in [0.2, 0.25) is 11.6 Å². The van der Waals surface area contributed by atoms with Gasteiger partial charge in [-0.15, -0.1) is 0 Å². The average molecular weight is 196 g/mol. The first-order valence-electron chi connectivity index (χ1n) is 4.68. The van der Waals surface area contributed by atoms with Crippen molar-refractivity contribution >= 4 is 17.5 Å². The van der Waals surface area contributed by atoms with Gasteiger partial charge >= 0.3 is 5.97 Å². The number of aliphatic carboxylic acids is 1. The number of carbonyl (C=O) groups is 3. The molecular formula is C10H12O4. The molecular weight excluding hydrogens is 184 g/mol. The van der Waals surface area contributed by atoms with Gasteiger partial charge in [0.1, 0.15) is 5.41 Å². The quantitative estimate of drug-likeness (QED) is 0.493. The van der Waals surface area contributed by atoms with Crippen LogP contribution in [0.3, 0.4) is 0 Å². The van der Waals surface area contributed by atoms with Crippen LogP contribution in [-0.4, -0.2) is 22.6 Å². The van der Waals surface area contributed by atoms with E-state index in [-0.39, 0.29) is 5.92 Å². The standard InChI is InChI=1S/C10H12O4/c1-9(2)5-3-4-10(9,8(13)14)7(12)6(5)11/h5H,3-4H2,1-2H3,(H,13,14)/t5-,10+/m1/s1. The molecule has 1 N–H and O–H groups in total. The Kier molecular flexibility index (Phi) is 1.50. The predicted molar refractivity (Wildman–Crippen MR) is 46.6 cm³/mol. The fourth-order valence-electron chi connectivity index (χ4n) is 3.05. The highest BCUT2D eigenvalue weighted by Gasteiger charge is 2.72. The second kappa shape index (κ2) is 2.24. The summed E-state index contributed by atoms with van der Waals surface area (Å²) < 4.78 is 0. The van der Waals surface area contributed by atoms with Crippen LogP contribution in [0.5, 0.6) is 0 Å². The lowest BCUT2D eigenvalue weighted by molar-refractivity contribution is -0.160. The number of carbonyl (C=O) groups excluding carboxylic acids is 2. The van der Waals surface area contributed by atoms with E-state index in [4.69, 9.17) is 5.11 Å². The van der Waals surface area contributed by atoms with Gasteiger partial charge in [-0.05, 0) is 18.3 Å². The third kappa shape index (κ3) is 0.656. The molecule has 4 heteroatoms. The molecule has 0 aliphatic heterocycles. The molecule has 0 radical (unpaired) electrons. The minimum atomic E-state index is -1.44. The van der Waals surface area contributed by atoms with Gasteiger partial charge in [0.25, 0.3) is 0 Å². The van der Waals surface area contributed by atoms with E-state index >= 15 is 0 Å². The number of hydrogen-bond acceptors (Lipinski definition) is 3. The van der Waals surface area contributed by atoms with Crippen molar-refractivity contribution in [3.8, 4) is 0 Å². The largest absolute Gasteiger partial charge is 0.480 e. The minimum absolute atomic E-state index is 0.310. The third-order valence-corrected chi connectivity index (χ3v) is 4.07. The van der Waals surface area contributed by atoms with Gasteiger partial charge in [-0.3, -0.25) is 14.4 Å². The minimum Gasteiger partial charge on any atom is -0.480 e. The summed E-state index contributed by atoms with van der Waals surface area (Å²) in [6, 6.07) is 0. The second-order valence-electron chi connectivity index (χ2n) is 4.72. The van der Waals surface area contributed by atoms with Crippen molar-refractivity contribution in [3.05, 3.63) is 0 Å². The summed E-state index contributed by atoms with van der Waals surface area (Å²) in [5.74, 6) is -2.69. The highest BCUT2D eigenvalue weighted by Crippen LogP contribution is 2.62. The summed E-state index contributed by atoms with van der Waals surface area (Å²) >= 11 is 0. The van der Waals surface area contributed by atoms with E-state index in [9.17, 15) is 14.4 Å². The molecule has 2 aliphatic rings. The maximum absolute atomic E-state index is 11.6. The maximum Gasteiger partial charge on any atom is 0.318 e. The van der Waals surface area contributed by atoms with Crippen LogP contribution in [0.4, 0.5) is 0 Å². The van der Waals surface area contributed by atoms with Gasteiger partial charge in [-0.2, -0.15) is 0 Å². The molecule has 0 aromatic rings. The van der Waals surface area contributed by atoms with E-state index in [1.807, 2.05) is 0 Å². The molecule has 0 aromatic heterocycles. The molecule has 2 aliphatic carbocycles. The smallest absolute Gasteiger partial charge is 0.318 e. The first kappa shape index (κ1) is 9.37. The molecule has 0 heterocycles. The first-order chi connectivity index (χ1) is 6.35. The van der Waals surface area contributed by atoms with Crippen molar-refractivity contribution < 1.29 is 19.5 Å². The zero-order chi connectivity index (χ0) is 10.7. The molecule has 2 rings (SSSR count). The van der Waals surface area contributed by atoms with Gasteiger partial charge in [0.15, 0.2) is 0 Å². The molecule has 2 bridgehead atoms. The fourth-order valence-corrected chi connectivity index (χ4v) is 3.05. The summed E-state index contributed by atoms with van der Waals surface area (Å²) in [6.45, 7) is 3.42. The Balaban J connectivity index is 2.65. The molecule has 76 valence electrons. The Hall–Kier alpha value is -1.19. The monoisotopic (exact) mass is 196 g/mol. The number of rotatable bonds is 1. The highest BCUT2D eigenvalue weighted by atomic mass is 16.4. The van der Waals surface area contributed by atoms with E-state index in [1.54, 1.807) is 13.8 Å². The van der Waals surface area contributed by atoms with Crippen molar-refractivity contribution in [2.24, 2.45) is 16.7 Å². The molecule has 0 unspecified atom stereocenters. The zero-order valence-corrected chi connectivity index (χ0v) is 8.16. The van der Waals surface area contributed by atoms with E-state index in [0.717, 1.165) is 0 Å². The van der Waals surface area contributed by atoms with Gasteiger partial charge < -0.3 is 5.11 Å². The fraction of sp³-hybridized carbons (Fsp3) is 0.700. The van der Waals surface area contributed by atoms with Crippen LogP contribution in [0.15, 0.2) is 0 Å². The molecule has 2 fully saturated rings. The van der Waals surface area contributed by atoms with Gasteiger partial charge in [0, 0.05) is 5.92 Å². The maximum atomic E-state index is 11.6. The lowest BCUT2D eigenvalue weighted by Gasteiger charge is -2.30. The summed E-state index contributed by atoms with van der Waals surface area (Å²) in [7, 11) is 0. The third-order valence-electron chi connectivity index (χ3n) is 4.07. The number of hydrogen-bond donors (Lipinski definition) is 1. The molecule has 2 atom stereocenters. The SMILES string of the molecule is CC1(C)[C@@H]2CC[C@@]1(C(=O)O)C(=O)C2=O. The van der Waals surface area contributed by atoms with E-state index in [1.165, 1.54) is 0 Å². The molecule has 0 spiro atoms. The molecule has 14 heavy (non-hydrogen) atoms. The summed E-state index contributed by atoms with van der Waals surface area (Å²) in [6.07, 6.45) is 0.842. The number of fused-ring (bicyclic) bond motifs is 2. The molecule has 2 saturated carbocycles. The Morgan fingerprint density at radius 2 is 2.00 bits per heavy atom. The van der Waals surface area contributed by atoms with Crippen molar-refractivity contribution in [2.45, 2.75) is 26.7 Å². The van der Waals surface area contributed by atoms with Crippen molar-refractivity contribution in [2.75, 3.05) is 0 Å². The van der Waals surface area contributed by atoms with Crippen LogP contribution in [0.2, 0.25) is 0 Å². The van der Waals surface area contributed by atoms with Crippen molar-refractivity contribution in [3.63, 3.8) is 0 Å².